The number of nitrogens with one attached hydrogen (secondary N) is 1. The Morgan fingerprint density at radius 3 is 2.59 bits per heavy atom. The van der Waals surface area contributed by atoms with Gasteiger partial charge in [-0.3, -0.25) is 14.4 Å². The second kappa shape index (κ2) is 7.02. The summed E-state index contributed by atoms with van der Waals surface area (Å²) >= 11 is 0. The van der Waals surface area contributed by atoms with E-state index >= 15 is 0 Å². The molecule has 1 heterocycles. The van der Waals surface area contributed by atoms with Crippen LogP contribution < -0.4 is 5.32 Å². The van der Waals surface area contributed by atoms with Gasteiger partial charge >= 0.3 is 17.8 Å². The third-order valence-electron chi connectivity index (χ3n) is 3.62. The number of aliphatic carboxylic acids is 1. The van der Waals surface area contributed by atoms with E-state index in [-0.39, 0.29) is 18.9 Å². The van der Waals surface area contributed by atoms with Crippen LogP contribution >= 0.6 is 0 Å². The van der Waals surface area contributed by atoms with Gasteiger partial charge in [-0.1, -0.05) is 12.1 Å². The lowest BCUT2D eigenvalue weighted by atomic mass is 9.98. The lowest BCUT2D eigenvalue weighted by Crippen LogP contribution is -2.48. The molecule has 0 aliphatic carbocycles. The number of nitrogens with zero attached hydrogens (tertiary/aromatic N) is 1. The van der Waals surface area contributed by atoms with Crippen LogP contribution in [-0.2, 0) is 20.9 Å². The van der Waals surface area contributed by atoms with Crippen LogP contribution in [0.2, 0.25) is 0 Å². The second-order valence-corrected chi connectivity index (χ2v) is 5.24. The molecule has 2 amide bonds. The van der Waals surface area contributed by atoms with Gasteiger partial charge < -0.3 is 15.3 Å². The first-order valence-electron chi connectivity index (χ1n) is 7.01. The van der Waals surface area contributed by atoms with Crippen molar-refractivity contribution >= 4 is 17.8 Å². The van der Waals surface area contributed by atoms with Gasteiger partial charge in [0.1, 0.15) is 5.82 Å². The van der Waals surface area contributed by atoms with Crippen molar-refractivity contribution in [2.45, 2.75) is 19.4 Å². The number of halogens is 1. The van der Waals surface area contributed by atoms with E-state index in [9.17, 15) is 18.8 Å². The molecule has 6 nitrogen and oxygen atoms in total. The van der Waals surface area contributed by atoms with E-state index in [0.29, 0.717) is 24.9 Å². The van der Waals surface area contributed by atoms with Crippen LogP contribution in [0.4, 0.5) is 4.39 Å². The van der Waals surface area contributed by atoms with Crippen LogP contribution in [-0.4, -0.2) is 40.9 Å². The number of carbonyl (C=O) groups is 3. The summed E-state index contributed by atoms with van der Waals surface area (Å²) in [4.78, 5) is 36.1. The molecule has 1 fully saturated rings. The van der Waals surface area contributed by atoms with Crippen LogP contribution in [0.25, 0.3) is 0 Å². The van der Waals surface area contributed by atoms with E-state index in [2.05, 4.69) is 5.32 Å². The van der Waals surface area contributed by atoms with Gasteiger partial charge in [-0.25, -0.2) is 4.39 Å². The zero-order chi connectivity index (χ0) is 16.1. The number of hydrogen-bond acceptors (Lipinski definition) is 3. The number of likely N-dealkylation sites (tertiary alicyclic amines) is 1. The fraction of sp³-hybridized carbons (Fsp3) is 0.400. The quantitative estimate of drug-likeness (QED) is 0.807. The topological polar surface area (TPSA) is 86.7 Å². The van der Waals surface area contributed by atoms with Crippen LogP contribution in [0.1, 0.15) is 18.4 Å². The van der Waals surface area contributed by atoms with Crippen LogP contribution in [0.15, 0.2) is 24.3 Å². The maximum atomic E-state index is 12.8. The fourth-order valence-electron chi connectivity index (χ4n) is 2.37. The summed E-state index contributed by atoms with van der Waals surface area (Å²) in [6, 6.07) is 5.57. The fourth-order valence-corrected chi connectivity index (χ4v) is 2.37. The van der Waals surface area contributed by atoms with Crippen molar-refractivity contribution < 1.29 is 23.9 Å². The summed E-state index contributed by atoms with van der Waals surface area (Å²) in [5, 5.41) is 11.4. The Balaban J connectivity index is 1.87. The molecule has 118 valence electrons. The SMILES string of the molecule is O=C(NCc1ccc(F)cc1)C(=O)N1CCCC(C(=O)O)C1. The highest BCUT2D eigenvalue weighted by atomic mass is 19.1. The van der Waals surface area contributed by atoms with E-state index in [1.54, 1.807) is 0 Å². The predicted octanol–water partition coefficient (Wildman–Crippen LogP) is 0.765. The molecule has 1 saturated heterocycles. The van der Waals surface area contributed by atoms with Crippen molar-refractivity contribution in [1.29, 1.82) is 0 Å². The number of amides is 2. The van der Waals surface area contributed by atoms with E-state index in [0.717, 1.165) is 0 Å². The lowest BCUT2D eigenvalue weighted by Gasteiger charge is -2.30. The Labute approximate surface area is 126 Å². The zero-order valence-corrected chi connectivity index (χ0v) is 11.9. The smallest absolute Gasteiger partial charge is 0.311 e. The van der Waals surface area contributed by atoms with E-state index in [4.69, 9.17) is 5.11 Å². The molecule has 0 bridgehead atoms. The van der Waals surface area contributed by atoms with Gasteiger partial charge in [0, 0.05) is 19.6 Å². The molecule has 1 unspecified atom stereocenters. The van der Waals surface area contributed by atoms with E-state index in [1.807, 2.05) is 0 Å². The molecule has 2 N–H and O–H groups in total. The Morgan fingerprint density at radius 2 is 1.95 bits per heavy atom. The molecule has 1 aromatic carbocycles. The average Bonchev–Trinajstić information content (AvgIpc) is 2.53. The van der Waals surface area contributed by atoms with Crippen molar-refractivity contribution in [1.82, 2.24) is 10.2 Å². The first-order chi connectivity index (χ1) is 10.5. The summed E-state index contributed by atoms with van der Waals surface area (Å²) in [5.41, 5.74) is 0.671. The molecule has 1 aliphatic heterocycles. The van der Waals surface area contributed by atoms with Crippen molar-refractivity contribution in [3.05, 3.63) is 35.6 Å². The van der Waals surface area contributed by atoms with Gasteiger partial charge in [0.2, 0.25) is 0 Å². The maximum Gasteiger partial charge on any atom is 0.311 e. The van der Waals surface area contributed by atoms with Crippen molar-refractivity contribution in [3.8, 4) is 0 Å². The van der Waals surface area contributed by atoms with E-state index in [1.165, 1.54) is 29.2 Å². The van der Waals surface area contributed by atoms with Gasteiger partial charge in [0.05, 0.1) is 5.92 Å². The van der Waals surface area contributed by atoms with Crippen molar-refractivity contribution in [2.75, 3.05) is 13.1 Å². The molecule has 7 heteroatoms. The largest absolute Gasteiger partial charge is 0.481 e. The van der Waals surface area contributed by atoms with Crippen LogP contribution in [0, 0.1) is 11.7 Å². The van der Waals surface area contributed by atoms with Gasteiger partial charge in [0.15, 0.2) is 0 Å². The minimum absolute atomic E-state index is 0.0537. The number of piperidine rings is 1. The number of carboxylic acids is 1. The highest BCUT2D eigenvalue weighted by Gasteiger charge is 2.30. The molecule has 0 aromatic heterocycles. The third-order valence-corrected chi connectivity index (χ3v) is 3.62. The molecule has 0 radical (unpaired) electrons. The van der Waals surface area contributed by atoms with Crippen LogP contribution in [0.5, 0.6) is 0 Å². The molecular weight excluding hydrogens is 291 g/mol. The Kier molecular flexibility index (Phi) is 5.08. The summed E-state index contributed by atoms with van der Waals surface area (Å²) < 4.78 is 12.8. The normalized spacial score (nSPS) is 17.9. The number of carbonyl (C=O) groups excluding carboxylic acids is 2. The van der Waals surface area contributed by atoms with Crippen molar-refractivity contribution in [2.24, 2.45) is 5.92 Å². The molecule has 1 aliphatic rings. The number of benzene rings is 1. The number of hydrogen-bond donors (Lipinski definition) is 2. The number of carboxylic acid groups (broad SMARTS) is 1. The first kappa shape index (κ1) is 15.9. The predicted molar refractivity (Wildman–Crippen MR) is 75.2 cm³/mol. The monoisotopic (exact) mass is 308 g/mol. The summed E-state index contributed by atoms with van der Waals surface area (Å²) in [6.07, 6.45) is 1.07. The molecule has 1 aromatic rings. The first-order valence-corrected chi connectivity index (χ1v) is 7.01. The average molecular weight is 308 g/mol. The molecule has 1 atom stereocenters. The lowest BCUT2D eigenvalue weighted by molar-refractivity contribution is -0.150. The van der Waals surface area contributed by atoms with Gasteiger partial charge in [-0.15, -0.1) is 0 Å². The Morgan fingerprint density at radius 1 is 1.27 bits per heavy atom. The number of rotatable bonds is 3. The highest BCUT2D eigenvalue weighted by Crippen LogP contribution is 2.16. The third kappa shape index (κ3) is 4.03. The maximum absolute atomic E-state index is 12.8. The zero-order valence-electron chi connectivity index (χ0n) is 11.9. The molecule has 0 spiro atoms. The van der Waals surface area contributed by atoms with Crippen molar-refractivity contribution in [3.63, 3.8) is 0 Å². The summed E-state index contributed by atoms with van der Waals surface area (Å²) in [6.45, 7) is 0.547. The van der Waals surface area contributed by atoms with Crippen LogP contribution in [0.3, 0.4) is 0 Å². The standard InChI is InChI=1S/C15H17FN2O4/c16-12-5-3-10(4-6-12)8-17-13(19)14(20)18-7-1-2-11(9-18)15(21)22/h3-6,11H,1-2,7-9H2,(H,17,19)(H,21,22). The van der Waals surface area contributed by atoms with Gasteiger partial charge in [-0.05, 0) is 30.5 Å². The Bertz CT molecular complexity index is 573. The molecule has 2 rings (SSSR count). The molecule has 0 saturated carbocycles. The minimum atomic E-state index is -0.954. The van der Waals surface area contributed by atoms with Gasteiger partial charge in [-0.2, -0.15) is 0 Å². The summed E-state index contributed by atoms with van der Waals surface area (Å²) in [7, 11) is 0. The minimum Gasteiger partial charge on any atom is -0.481 e. The van der Waals surface area contributed by atoms with Gasteiger partial charge in [0.25, 0.3) is 0 Å². The van der Waals surface area contributed by atoms with E-state index < -0.39 is 23.7 Å². The molecular formula is C15H17FN2O4. The highest BCUT2D eigenvalue weighted by molar-refractivity contribution is 6.35. The Hall–Kier alpha value is -2.44. The summed E-state index contributed by atoms with van der Waals surface area (Å²) in [5.74, 6) is -3.46. The second-order valence-electron chi connectivity index (χ2n) is 5.24. The molecule has 22 heavy (non-hydrogen) atoms.